The van der Waals surface area contributed by atoms with Gasteiger partial charge in [0.25, 0.3) is 11.8 Å². The van der Waals surface area contributed by atoms with Crippen LogP contribution < -0.4 is 19.6 Å². The first-order valence-corrected chi connectivity index (χ1v) is 17.6. The number of nitrogens with one attached hydrogen (secondary N) is 1. The number of hydrazine groups is 1. The lowest BCUT2D eigenvalue weighted by atomic mass is 9.49. The van der Waals surface area contributed by atoms with Crippen LogP contribution in [-0.4, -0.2) is 77.6 Å². The standard InChI is InChI=1S/C38H35Cl2N3O10/c1-51-21-7-4-18(5-8-21)38-25(35(48)43(37(38)50)41-27-11-6-19(39)14-26(27)40)17-24-22(33(38)32-28(52-2)15-20(44)16-29(32)53-3)9-10-23-31(24)36(49)42(34(23)47)13-12-30(45)46/h4-9,11,14-16,23-25,31,33,41,44H,10,12-13,17H2,1-3H3,(H,45,46). The number of nitrogens with zero attached hydrogens (tertiary/aromatic N) is 2. The summed E-state index contributed by atoms with van der Waals surface area (Å²) in [5, 5.41) is 21.5. The van der Waals surface area contributed by atoms with Gasteiger partial charge in [0, 0.05) is 35.2 Å². The van der Waals surface area contributed by atoms with E-state index in [1.165, 1.54) is 45.6 Å². The normalized spacial score (nSPS) is 26.1. The van der Waals surface area contributed by atoms with Crippen LogP contribution in [0, 0.1) is 23.7 Å². The van der Waals surface area contributed by atoms with Crippen LogP contribution in [0.1, 0.15) is 36.3 Å². The number of ether oxygens (including phenoxy) is 3. The number of carboxylic acid groups (broad SMARTS) is 1. The molecule has 15 heteroatoms. The Morgan fingerprint density at radius 1 is 0.906 bits per heavy atom. The molecule has 0 radical (unpaired) electrons. The molecule has 2 aliphatic carbocycles. The van der Waals surface area contributed by atoms with Crippen LogP contribution in [0.4, 0.5) is 5.69 Å². The highest BCUT2D eigenvalue weighted by Gasteiger charge is 2.71. The summed E-state index contributed by atoms with van der Waals surface area (Å²) in [5.74, 6) is -7.41. The van der Waals surface area contributed by atoms with E-state index in [0.717, 1.165) is 9.91 Å². The van der Waals surface area contributed by atoms with E-state index < -0.39 is 71.0 Å². The number of hydrogen-bond donors (Lipinski definition) is 3. The van der Waals surface area contributed by atoms with Gasteiger partial charge < -0.3 is 24.4 Å². The smallest absolute Gasteiger partial charge is 0.305 e. The summed E-state index contributed by atoms with van der Waals surface area (Å²) in [7, 11) is 4.31. The van der Waals surface area contributed by atoms with E-state index in [0.29, 0.717) is 27.5 Å². The predicted molar refractivity (Wildman–Crippen MR) is 191 cm³/mol. The fourth-order valence-electron chi connectivity index (χ4n) is 8.86. The topological polar surface area (TPSA) is 172 Å². The first-order valence-electron chi connectivity index (χ1n) is 16.8. The number of phenolic OH excluding ortho intramolecular Hbond substituents is 1. The number of carbonyl (C=O) groups excluding carboxylic acids is 4. The number of phenols is 1. The van der Waals surface area contributed by atoms with Crippen LogP contribution in [0.25, 0.3) is 0 Å². The number of benzene rings is 3. The SMILES string of the molecule is COc1ccc(C23C(=O)N(Nc4ccc(Cl)cc4Cl)C(=O)C2CC2C(=CCC4C(=O)N(CCC(=O)O)C(=O)C42)C3c2c(OC)cc(O)cc2OC)cc1. The molecule has 13 nitrogen and oxygen atoms in total. The summed E-state index contributed by atoms with van der Waals surface area (Å²) in [6.45, 7) is -0.290. The molecule has 0 bridgehead atoms. The molecule has 6 atom stereocenters. The quantitative estimate of drug-likeness (QED) is 0.184. The number of aromatic hydroxyl groups is 1. The number of hydrogen-bond acceptors (Lipinski definition) is 10. The van der Waals surface area contributed by atoms with Crippen molar-refractivity contribution in [1.82, 2.24) is 9.91 Å². The van der Waals surface area contributed by atoms with E-state index in [9.17, 15) is 29.4 Å². The number of imide groups is 2. The molecule has 3 N–H and O–H groups in total. The van der Waals surface area contributed by atoms with Crippen molar-refractivity contribution in [1.29, 1.82) is 0 Å². The van der Waals surface area contributed by atoms with Crippen molar-refractivity contribution in [3.05, 3.63) is 87.4 Å². The summed E-state index contributed by atoms with van der Waals surface area (Å²) in [6.07, 6.45) is 1.54. The second-order valence-electron chi connectivity index (χ2n) is 13.4. The van der Waals surface area contributed by atoms with Crippen LogP contribution >= 0.6 is 23.2 Å². The maximum Gasteiger partial charge on any atom is 0.305 e. The fourth-order valence-corrected chi connectivity index (χ4v) is 9.31. The molecular formula is C38H35Cl2N3O10. The zero-order valence-electron chi connectivity index (χ0n) is 28.8. The molecule has 7 rings (SSSR count). The monoisotopic (exact) mass is 763 g/mol. The Bertz CT molecular complexity index is 2060. The first kappa shape index (κ1) is 36.1. The van der Waals surface area contributed by atoms with Crippen molar-refractivity contribution in [2.75, 3.05) is 33.3 Å². The third-order valence-corrected chi connectivity index (χ3v) is 11.6. The summed E-state index contributed by atoms with van der Waals surface area (Å²) in [5.41, 5.74) is 2.86. The second-order valence-corrected chi connectivity index (χ2v) is 14.3. The Balaban J connectivity index is 1.49. The molecule has 4 aliphatic rings. The van der Waals surface area contributed by atoms with Crippen molar-refractivity contribution in [2.45, 2.75) is 30.6 Å². The highest BCUT2D eigenvalue weighted by Crippen LogP contribution is 2.66. The van der Waals surface area contributed by atoms with Gasteiger partial charge in [0.1, 0.15) is 23.0 Å². The molecule has 6 unspecified atom stereocenters. The number of rotatable bonds is 10. The average Bonchev–Trinajstić information content (AvgIpc) is 3.51. The van der Waals surface area contributed by atoms with Gasteiger partial charge in [-0.15, -0.1) is 0 Å². The number of allylic oxidation sites excluding steroid dienone is 2. The number of carbonyl (C=O) groups is 5. The highest BCUT2D eigenvalue weighted by molar-refractivity contribution is 6.36. The molecule has 53 heavy (non-hydrogen) atoms. The van der Waals surface area contributed by atoms with Crippen molar-refractivity contribution in [3.63, 3.8) is 0 Å². The number of likely N-dealkylation sites (tertiary alicyclic amines) is 1. The van der Waals surface area contributed by atoms with Crippen molar-refractivity contribution >= 4 is 58.5 Å². The molecule has 3 fully saturated rings. The van der Waals surface area contributed by atoms with Crippen molar-refractivity contribution < 1.29 is 48.4 Å². The summed E-state index contributed by atoms with van der Waals surface area (Å²) >= 11 is 12.7. The van der Waals surface area contributed by atoms with Gasteiger partial charge in [-0.3, -0.25) is 34.3 Å². The van der Waals surface area contributed by atoms with Crippen molar-refractivity contribution in [3.8, 4) is 23.0 Å². The lowest BCUT2D eigenvalue weighted by Gasteiger charge is -2.51. The van der Waals surface area contributed by atoms with Gasteiger partial charge in [-0.1, -0.05) is 47.0 Å². The maximum absolute atomic E-state index is 15.5. The van der Waals surface area contributed by atoms with E-state index in [2.05, 4.69) is 5.43 Å². The molecule has 1 saturated carbocycles. The Morgan fingerprint density at radius 3 is 2.19 bits per heavy atom. The molecular weight excluding hydrogens is 729 g/mol. The second kappa shape index (κ2) is 13.6. The van der Waals surface area contributed by atoms with E-state index in [1.807, 2.05) is 6.08 Å². The minimum atomic E-state index is -1.71. The van der Waals surface area contributed by atoms with Crippen LogP contribution in [0.5, 0.6) is 23.0 Å². The van der Waals surface area contributed by atoms with E-state index in [1.54, 1.807) is 30.3 Å². The molecule has 2 heterocycles. The molecule has 2 aliphatic heterocycles. The predicted octanol–water partition coefficient (Wildman–Crippen LogP) is 5.18. The fraction of sp³-hybridized carbons (Fsp3) is 0.342. The van der Waals surface area contributed by atoms with Crippen LogP contribution in [0.15, 0.2) is 66.2 Å². The zero-order chi connectivity index (χ0) is 37.9. The first-order chi connectivity index (χ1) is 25.4. The van der Waals surface area contributed by atoms with E-state index in [-0.39, 0.29) is 47.3 Å². The molecule has 2 saturated heterocycles. The number of aliphatic carboxylic acids is 1. The van der Waals surface area contributed by atoms with Gasteiger partial charge in [-0.2, -0.15) is 5.01 Å². The average molecular weight is 765 g/mol. The molecule has 4 amide bonds. The van der Waals surface area contributed by atoms with Gasteiger partial charge in [0.15, 0.2) is 0 Å². The van der Waals surface area contributed by atoms with Gasteiger partial charge in [-0.25, -0.2) is 0 Å². The third-order valence-electron chi connectivity index (χ3n) is 11.0. The summed E-state index contributed by atoms with van der Waals surface area (Å²) < 4.78 is 17.1. The molecule has 0 spiro atoms. The maximum atomic E-state index is 15.5. The molecule has 3 aromatic rings. The van der Waals surface area contributed by atoms with Gasteiger partial charge in [-0.05, 0) is 54.7 Å². The Morgan fingerprint density at radius 2 is 1.58 bits per heavy atom. The van der Waals surface area contributed by atoms with Crippen molar-refractivity contribution in [2.24, 2.45) is 23.7 Å². The Hall–Kier alpha value is -5.27. The number of fused-ring (bicyclic) bond motifs is 4. The van der Waals surface area contributed by atoms with Gasteiger partial charge in [0.2, 0.25) is 11.8 Å². The molecule has 0 aromatic heterocycles. The Kier molecular flexibility index (Phi) is 9.27. The lowest BCUT2D eigenvalue weighted by molar-refractivity contribution is -0.143. The number of methoxy groups -OCH3 is 3. The van der Waals surface area contributed by atoms with Crippen LogP contribution in [0.2, 0.25) is 10.0 Å². The summed E-state index contributed by atoms with van der Waals surface area (Å²) in [4.78, 5) is 70.7. The number of anilines is 1. The lowest BCUT2D eigenvalue weighted by Crippen LogP contribution is -2.53. The van der Waals surface area contributed by atoms with Crippen LogP contribution in [0.3, 0.4) is 0 Å². The minimum absolute atomic E-state index is 0.0128. The van der Waals surface area contributed by atoms with E-state index >= 15 is 4.79 Å². The zero-order valence-corrected chi connectivity index (χ0v) is 30.3. The summed E-state index contributed by atoms with van der Waals surface area (Å²) in [6, 6.07) is 14.1. The largest absolute Gasteiger partial charge is 0.508 e. The van der Waals surface area contributed by atoms with Crippen LogP contribution in [-0.2, 0) is 29.4 Å². The highest BCUT2D eigenvalue weighted by atomic mass is 35.5. The number of halogens is 2. The number of amides is 4. The minimum Gasteiger partial charge on any atom is -0.508 e. The third kappa shape index (κ3) is 5.56. The van der Waals surface area contributed by atoms with Gasteiger partial charge in [0.05, 0.1) is 61.6 Å². The van der Waals surface area contributed by atoms with E-state index in [4.69, 9.17) is 37.4 Å². The number of carboxylic acids is 1. The molecule has 3 aromatic carbocycles. The van der Waals surface area contributed by atoms with Gasteiger partial charge >= 0.3 is 5.97 Å². The Labute approximate surface area is 314 Å². The molecule has 276 valence electrons.